The molecule has 0 aromatic carbocycles. The van der Waals surface area contributed by atoms with Crippen LogP contribution in [0.5, 0.6) is 0 Å². The fourth-order valence-electron chi connectivity index (χ4n) is 2.49. The minimum atomic E-state index is 0.391. The van der Waals surface area contributed by atoms with Gasteiger partial charge in [0.05, 0.1) is 11.7 Å². The highest BCUT2D eigenvalue weighted by Gasteiger charge is 2.22. The van der Waals surface area contributed by atoms with Gasteiger partial charge in [0.15, 0.2) is 0 Å². The molecule has 3 rings (SSSR count). The lowest BCUT2D eigenvalue weighted by Gasteiger charge is -2.33. The maximum atomic E-state index is 4.65. The Hall–Kier alpha value is -1.43. The number of aryl methyl sites for hydroxylation is 1. The Morgan fingerprint density at radius 3 is 3.00 bits per heavy atom. The van der Waals surface area contributed by atoms with E-state index in [9.17, 15) is 0 Å². The standard InChI is InChI=1S/C13H16BrN5/c1-10-12(14)4-5-13(17-10)18-6-2-3-11(7-18)19-9-15-8-16-19/h4-5,8-9,11H,2-3,6-7H2,1H3/t11-/m1/s1. The number of anilines is 1. The summed E-state index contributed by atoms with van der Waals surface area (Å²) in [4.78, 5) is 11.0. The van der Waals surface area contributed by atoms with Gasteiger partial charge in [-0.3, -0.25) is 0 Å². The van der Waals surface area contributed by atoms with E-state index >= 15 is 0 Å². The average molecular weight is 322 g/mol. The zero-order chi connectivity index (χ0) is 13.2. The zero-order valence-corrected chi connectivity index (χ0v) is 12.4. The van der Waals surface area contributed by atoms with Gasteiger partial charge in [0, 0.05) is 17.6 Å². The molecule has 0 amide bonds. The normalized spacial score (nSPS) is 19.7. The molecule has 5 nitrogen and oxygen atoms in total. The molecule has 1 aliphatic heterocycles. The number of hydrogen-bond acceptors (Lipinski definition) is 4. The Balaban J connectivity index is 1.79. The molecule has 0 spiro atoms. The van der Waals surface area contributed by atoms with Crippen LogP contribution in [-0.4, -0.2) is 32.8 Å². The highest BCUT2D eigenvalue weighted by Crippen LogP contribution is 2.26. The third kappa shape index (κ3) is 2.63. The van der Waals surface area contributed by atoms with Crippen molar-refractivity contribution in [3.8, 4) is 0 Å². The first-order valence-electron chi connectivity index (χ1n) is 6.46. The second-order valence-electron chi connectivity index (χ2n) is 4.85. The molecule has 0 unspecified atom stereocenters. The van der Waals surface area contributed by atoms with Gasteiger partial charge in [0.1, 0.15) is 18.5 Å². The minimum Gasteiger partial charge on any atom is -0.354 e. The van der Waals surface area contributed by atoms with Crippen molar-refractivity contribution in [3.63, 3.8) is 0 Å². The van der Waals surface area contributed by atoms with E-state index in [-0.39, 0.29) is 0 Å². The summed E-state index contributed by atoms with van der Waals surface area (Å²) >= 11 is 3.49. The van der Waals surface area contributed by atoms with Gasteiger partial charge in [0.25, 0.3) is 0 Å². The van der Waals surface area contributed by atoms with Gasteiger partial charge in [-0.2, -0.15) is 5.10 Å². The number of nitrogens with zero attached hydrogens (tertiary/aromatic N) is 5. The maximum Gasteiger partial charge on any atom is 0.137 e. The van der Waals surface area contributed by atoms with Gasteiger partial charge in [-0.05, 0) is 47.8 Å². The first-order valence-corrected chi connectivity index (χ1v) is 7.25. The third-order valence-corrected chi connectivity index (χ3v) is 4.38. The SMILES string of the molecule is Cc1nc(N2CCC[C@@H](n3cncn3)C2)ccc1Br. The van der Waals surface area contributed by atoms with Gasteiger partial charge in [-0.15, -0.1) is 0 Å². The molecule has 1 aliphatic rings. The monoisotopic (exact) mass is 321 g/mol. The van der Waals surface area contributed by atoms with Crippen molar-refractivity contribution in [1.29, 1.82) is 0 Å². The molecule has 2 aromatic heterocycles. The molecular formula is C13H16BrN5. The van der Waals surface area contributed by atoms with Crippen molar-refractivity contribution in [2.45, 2.75) is 25.8 Å². The predicted molar refractivity (Wildman–Crippen MR) is 77.2 cm³/mol. The van der Waals surface area contributed by atoms with Crippen LogP contribution in [0.4, 0.5) is 5.82 Å². The molecule has 0 aliphatic carbocycles. The molecule has 0 bridgehead atoms. The van der Waals surface area contributed by atoms with Crippen molar-refractivity contribution in [2.24, 2.45) is 0 Å². The van der Waals surface area contributed by atoms with Crippen LogP contribution in [-0.2, 0) is 0 Å². The predicted octanol–water partition coefficient (Wildman–Crippen LogP) is 2.59. The third-order valence-electron chi connectivity index (χ3n) is 3.54. The van der Waals surface area contributed by atoms with Gasteiger partial charge >= 0.3 is 0 Å². The number of pyridine rings is 1. The van der Waals surface area contributed by atoms with Crippen LogP contribution in [0, 0.1) is 6.92 Å². The number of rotatable bonds is 2. The molecular weight excluding hydrogens is 306 g/mol. The first kappa shape index (κ1) is 12.6. The van der Waals surface area contributed by atoms with Crippen molar-refractivity contribution in [1.82, 2.24) is 19.7 Å². The summed E-state index contributed by atoms with van der Waals surface area (Å²) in [7, 11) is 0. The fraction of sp³-hybridized carbons (Fsp3) is 0.462. The summed E-state index contributed by atoms with van der Waals surface area (Å²) in [6, 6.07) is 4.53. The van der Waals surface area contributed by atoms with Crippen molar-refractivity contribution in [3.05, 3.63) is 35.0 Å². The van der Waals surface area contributed by atoms with E-state index < -0.39 is 0 Å². The Labute approximate surface area is 120 Å². The Morgan fingerprint density at radius 2 is 2.26 bits per heavy atom. The van der Waals surface area contributed by atoms with Crippen molar-refractivity contribution < 1.29 is 0 Å². The summed E-state index contributed by atoms with van der Waals surface area (Å²) in [6.07, 6.45) is 5.70. The van der Waals surface area contributed by atoms with Crippen LogP contribution in [0.3, 0.4) is 0 Å². The lowest BCUT2D eigenvalue weighted by atomic mass is 10.1. The lowest BCUT2D eigenvalue weighted by Crippen LogP contribution is -2.37. The number of hydrogen-bond donors (Lipinski definition) is 0. The van der Waals surface area contributed by atoms with Gasteiger partial charge in [0.2, 0.25) is 0 Å². The Kier molecular flexibility index (Phi) is 3.50. The van der Waals surface area contributed by atoms with Crippen LogP contribution in [0.25, 0.3) is 0 Å². The van der Waals surface area contributed by atoms with Crippen molar-refractivity contribution >= 4 is 21.7 Å². The summed E-state index contributed by atoms with van der Waals surface area (Å²) in [5, 5.41) is 4.25. The van der Waals surface area contributed by atoms with E-state index in [4.69, 9.17) is 0 Å². The van der Waals surface area contributed by atoms with Crippen molar-refractivity contribution in [2.75, 3.05) is 18.0 Å². The molecule has 1 atom stereocenters. The average Bonchev–Trinajstić information content (AvgIpc) is 2.96. The lowest BCUT2D eigenvalue weighted by molar-refractivity contribution is 0.374. The van der Waals surface area contributed by atoms with Crippen LogP contribution < -0.4 is 4.90 Å². The quantitative estimate of drug-likeness (QED) is 0.853. The summed E-state index contributed by atoms with van der Waals surface area (Å²) in [5.41, 5.74) is 1.03. The minimum absolute atomic E-state index is 0.391. The number of aromatic nitrogens is 4. The van der Waals surface area contributed by atoms with E-state index in [1.54, 1.807) is 12.7 Å². The highest BCUT2D eigenvalue weighted by molar-refractivity contribution is 9.10. The van der Waals surface area contributed by atoms with E-state index in [1.165, 1.54) is 0 Å². The number of halogens is 1. The van der Waals surface area contributed by atoms with Gasteiger partial charge in [-0.25, -0.2) is 14.6 Å². The van der Waals surface area contributed by atoms with E-state index in [1.807, 2.05) is 11.6 Å². The Morgan fingerprint density at radius 1 is 1.37 bits per heavy atom. The van der Waals surface area contributed by atoms with Crippen LogP contribution in [0.2, 0.25) is 0 Å². The highest BCUT2D eigenvalue weighted by atomic mass is 79.9. The largest absolute Gasteiger partial charge is 0.354 e. The maximum absolute atomic E-state index is 4.65. The second-order valence-corrected chi connectivity index (χ2v) is 5.71. The smallest absolute Gasteiger partial charge is 0.137 e. The van der Waals surface area contributed by atoms with Crippen LogP contribution in [0.1, 0.15) is 24.6 Å². The molecule has 6 heteroatoms. The Bertz CT molecular complexity index is 554. The molecule has 1 saturated heterocycles. The van der Waals surface area contributed by atoms with Gasteiger partial charge in [-0.1, -0.05) is 0 Å². The molecule has 0 saturated carbocycles. The topological polar surface area (TPSA) is 46.8 Å². The van der Waals surface area contributed by atoms with Crippen LogP contribution >= 0.6 is 15.9 Å². The summed E-state index contributed by atoms with van der Waals surface area (Å²) in [6.45, 7) is 4.02. The molecule has 1 fully saturated rings. The molecule has 0 N–H and O–H groups in total. The molecule has 100 valence electrons. The molecule has 3 heterocycles. The first-order chi connectivity index (χ1) is 9.24. The second kappa shape index (κ2) is 5.28. The summed E-state index contributed by atoms with van der Waals surface area (Å²) < 4.78 is 3.01. The molecule has 19 heavy (non-hydrogen) atoms. The molecule has 2 aromatic rings. The van der Waals surface area contributed by atoms with E-state index in [2.05, 4.69) is 48.0 Å². The van der Waals surface area contributed by atoms with E-state index in [0.29, 0.717) is 6.04 Å². The zero-order valence-electron chi connectivity index (χ0n) is 10.8. The molecule has 0 radical (unpaired) electrons. The van der Waals surface area contributed by atoms with E-state index in [0.717, 1.165) is 41.9 Å². The fourth-order valence-corrected chi connectivity index (χ4v) is 2.71. The van der Waals surface area contributed by atoms with Gasteiger partial charge < -0.3 is 4.90 Å². The summed E-state index contributed by atoms with van der Waals surface area (Å²) in [5.74, 6) is 1.05. The number of piperidine rings is 1. The van der Waals surface area contributed by atoms with Crippen LogP contribution in [0.15, 0.2) is 29.3 Å².